The van der Waals surface area contributed by atoms with Crippen LogP contribution in [0.4, 0.5) is 0 Å². The molecule has 0 aliphatic heterocycles. The van der Waals surface area contributed by atoms with Crippen molar-refractivity contribution in [3.05, 3.63) is 497 Å². The van der Waals surface area contributed by atoms with Crippen LogP contribution in [-0.2, 0) is 21.7 Å². The quantitative estimate of drug-likeness (QED) is 0.164. The zero-order valence-electron chi connectivity index (χ0n) is 81.7. The van der Waals surface area contributed by atoms with Gasteiger partial charge < -0.3 is 22.8 Å². The van der Waals surface area contributed by atoms with Crippen molar-refractivity contribution in [2.75, 3.05) is 0 Å². The van der Waals surface area contributed by atoms with E-state index in [0.717, 1.165) is 0 Å². The van der Waals surface area contributed by atoms with E-state index in [-0.39, 0.29) is 21.7 Å². The zero-order valence-corrected chi connectivity index (χ0v) is 81.7. The van der Waals surface area contributed by atoms with Gasteiger partial charge in [-0.25, -0.2) is 0 Å². The molecule has 0 unspecified atom stereocenters. The van der Waals surface area contributed by atoms with Gasteiger partial charge in [0, 0.05) is 104 Å². The van der Waals surface area contributed by atoms with Crippen molar-refractivity contribution < 1.29 is 0 Å². The molecule has 0 spiro atoms. The molecule has 0 bridgehead atoms. The molecule has 0 N–H and O–H groups in total. The van der Waals surface area contributed by atoms with Crippen LogP contribution in [0.25, 0.3) is 193 Å². The highest BCUT2D eigenvalue weighted by Gasteiger charge is 2.41. The molecule has 0 fully saturated rings. The third-order valence-electron chi connectivity index (χ3n) is 31.6. The maximum absolute atomic E-state index is 2.44. The van der Waals surface area contributed by atoms with Gasteiger partial charge in [0.05, 0.1) is 55.2 Å². The number of rotatable bonds is 5. The number of nitrogens with zero attached hydrogens (tertiary/aromatic N) is 5. The molecule has 0 saturated heterocycles. The number of aromatic nitrogens is 5. The lowest BCUT2D eigenvalue weighted by Crippen LogP contribution is -2.15. The van der Waals surface area contributed by atoms with Gasteiger partial charge in [0.25, 0.3) is 0 Å². The summed E-state index contributed by atoms with van der Waals surface area (Å²) in [5, 5.41) is 15.8. The first-order valence-corrected chi connectivity index (χ1v) is 49.5. The average Bonchev–Trinajstić information content (AvgIpc) is 1.56. The van der Waals surface area contributed by atoms with Crippen LogP contribution in [0.1, 0.15) is 128 Å². The maximum atomic E-state index is 2.44. The van der Waals surface area contributed by atoms with Crippen LogP contribution in [0.5, 0.6) is 0 Å². The minimum Gasteiger partial charge on any atom is -0.309 e. The molecule has 0 radical (unpaired) electrons. The molecule has 5 aromatic heterocycles. The van der Waals surface area contributed by atoms with Crippen molar-refractivity contribution >= 4 is 120 Å². The fraction of sp³-hybridized carbons (Fsp3) is 0.126. The highest BCUT2D eigenvalue weighted by Crippen LogP contribution is 2.57. The van der Waals surface area contributed by atoms with Crippen molar-refractivity contribution in [2.45, 2.75) is 112 Å². The molecule has 140 heavy (non-hydrogen) atoms. The van der Waals surface area contributed by atoms with Gasteiger partial charge in [-0.3, -0.25) is 0 Å². The minimum atomic E-state index is 0.00708. The smallest absolute Gasteiger partial charge is 0.0547 e. The van der Waals surface area contributed by atoms with E-state index in [4.69, 9.17) is 0 Å². The van der Waals surface area contributed by atoms with E-state index < -0.39 is 0 Å². The predicted octanol–water partition coefficient (Wildman–Crippen LogP) is 35.8. The summed E-state index contributed by atoms with van der Waals surface area (Å²) in [7, 11) is 0. The Hall–Kier alpha value is -16.3. The predicted molar refractivity (Wildman–Crippen MR) is 595 cm³/mol. The van der Waals surface area contributed by atoms with Gasteiger partial charge in [-0.05, 0) is 297 Å². The van der Waals surface area contributed by atoms with Gasteiger partial charge in [-0.1, -0.05) is 346 Å². The second-order valence-electron chi connectivity index (χ2n) is 41.4. The monoisotopic (exact) mass is 1800 g/mol. The molecule has 25 aromatic rings. The van der Waals surface area contributed by atoms with E-state index in [2.05, 4.69) is 537 Å². The summed E-state index contributed by atoms with van der Waals surface area (Å²) in [6.45, 7) is 29.7. The molecule has 5 heteroatoms. The lowest BCUT2D eigenvalue weighted by molar-refractivity contribution is 0.661. The molecular formula is C135H109N5. The van der Waals surface area contributed by atoms with E-state index in [9.17, 15) is 0 Å². The van der Waals surface area contributed by atoms with E-state index in [0.29, 0.717) is 0 Å². The topological polar surface area (TPSA) is 24.6 Å². The summed E-state index contributed by atoms with van der Waals surface area (Å²) in [5.74, 6) is 0. The molecule has 29 rings (SSSR count). The fourth-order valence-electron chi connectivity index (χ4n) is 24.5. The lowest BCUT2D eigenvalue weighted by Gasteiger charge is -2.21. The first kappa shape index (κ1) is 85.3. The summed E-state index contributed by atoms with van der Waals surface area (Å²) in [6.07, 6.45) is 0. The summed E-state index contributed by atoms with van der Waals surface area (Å²) >= 11 is 0. The normalized spacial score (nSPS) is 13.8. The number of fused-ring (bicyclic) bond motifs is 28. The van der Waals surface area contributed by atoms with Crippen LogP contribution < -0.4 is 0 Å². The van der Waals surface area contributed by atoms with Gasteiger partial charge in [-0.2, -0.15) is 0 Å². The second-order valence-corrected chi connectivity index (χ2v) is 41.4. The molecular weight excluding hydrogens is 1690 g/mol. The Bertz CT molecular complexity index is 9430. The van der Waals surface area contributed by atoms with Crippen LogP contribution in [-0.4, -0.2) is 22.8 Å². The van der Waals surface area contributed by atoms with Gasteiger partial charge in [0.15, 0.2) is 0 Å². The largest absolute Gasteiger partial charge is 0.309 e. The number of aryl methyl sites for hydroxylation is 5. The van der Waals surface area contributed by atoms with Gasteiger partial charge in [0.1, 0.15) is 0 Å². The molecule has 0 atom stereocenters. The Labute approximate surface area is 818 Å². The molecule has 20 aromatic carbocycles. The van der Waals surface area contributed by atoms with E-state index >= 15 is 0 Å². The van der Waals surface area contributed by atoms with Crippen molar-refractivity contribution in [3.8, 4) is 72.9 Å². The Morgan fingerprint density at radius 2 is 0.429 bits per heavy atom. The molecule has 5 heterocycles. The summed E-state index contributed by atoms with van der Waals surface area (Å²) < 4.78 is 12.1. The number of para-hydroxylation sites is 7. The summed E-state index contributed by atoms with van der Waals surface area (Å²) in [5.41, 5.74) is 47.8. The van der Waals surface area contributed by atoms with Crippen LogP contribution in [0.2, 0.25) is 0 Å². The van der Waals surface area contributed by atoms with Gasteiger partial charge >= 0.3 is 0 Å². The SMILES string of the molecule is Cc1ccc(-n2c3ccccc3c3cc4c(cc32)C(C)(C)c2ccccc2-4)cc1.Cc1ccc2c(c1)c1cc3c(cc1n2-c1ccccc1)C(C)(C)c1ccccc1-3.Cc1cccc(-n2c3ccccc3c3cc4c(cc32)C(C)(C)c2ccccc2-4)c1.Cc1ccccc1-n1c2ccccc2c2cc3c(cc21)C(C)(C)c1ccccc1-3.Cc1ccccc1-n1c2ccccc2c2cc3ccccc3cc21. The second kappa shape index (κ2) is 32.4. The van der Waals surface area contributed by atoms with Crippen molar-refractivity contribution in [2.24, 2.45) is 0 Å². The van der Waals surface area contributed by atoms with Crippen LogP contribution >= 0.6 is 0 Å². The van der Waals surface area contributed by atoms with Crippen LogP contribution in [0.3, 0.4) is 0 Å². The Balaban J connectivity index is 0.0000000925. The molecule has 674 valence electrons. The Morgan fingerprint density at radius 1 is 0.150 bits per heavy atom. The minimum absolute atomic E-state index is 0.00708. The van der Waals surface area contributed by atoms with Crippen molar-refractivity contribution in [1.82, 2.24) is 22.8 Å². The van der Waals surface area contributed by atoms with Crippen molar-refractivity contribution in [1.29, 1.82) is 0 Å². The lowest BCUT2D eigenvalue weighted by atomic mass is 9.82. The summed E-state index contributed by atoms with van der Waals surface area (Å²) in [6, 6.07) is 156. The van der Waals surface area contributed by atoms with Gasteiger partial charge in [-0.15, -0.1) is 0 Å². The van der Waals surface area contributed by atoms with Crippen LogP contribution in [0.15, 0.2) is 425 Å². The number of hydrogen-bond acceptors (Lipinski definition) is 0. The zero-order chi connectivity index (χ0) is 95.1. The standard InChI is InChI=1S/4C28H23N.C23H17N/c1-18-10-4-8-14-25(18)29-26-15-9-6-12-20(26)22-16-21-19-11-5-7-13-23(19)28(2,3)24(21)17-27(22)29;1-18-9-8-10-19(15-18)29-26-14-7-5-12-21(26)23-16-22-20-11-4-6-13-24(20)28(2,3)25(22)17-27(23)29;1-18-12-14-19(15-13-18)29-26-11-7-5-9-21(26)23-16-22-20-8-4-6-10-24(20)28(2,3)25(22)17-27(23)29;1-18-13-14-26-22(15-18)23-16-21-20-11-7-8-12-24(20)28(2,3)25(21)17-27(23)29(26)19-9-5-4-6-10-19;1-16-8-2-6-12-21(16)24-22-13-7-5-11-19(22)20-14-17-9-3-4-10-18(17)15-23(20)24/h4*4-17H,1-3H3;2-15H,1H3. The third-order valence-corrected chi connectivity index (χ3v) is 31.6. The molecule has 4 aliphatic rings. The maximum Gasteiger partial charge on any atom is 0.0547 e. The van der Waals surface area contributed by atoms with E-state index in [1.807, 2.05) is 0 Å². The number of benzene rings is 20. The first-order chi connectivity index (χ1) is 68.1. The fourth-order valence-corrected chi connectivity index (χ4v) is 24.5. The molecule has 5 nitrogen and oxygen atoms in total. The molecule has 4 aliphatic carbocycles. The molecule has 0 amide bonds. The van der Waals surface area contributed by atoms with E-state index in [1.54, 1.807) is 0 Å². The van der Waals surface area contributed by atoms with E-state index in [1.165, 1.54) is 265 Å². The number of hydrogen-bond donors (Lipinski definition) is 0. The van der Waals surface area contributed by atoms with Crippen LogP contribution in [0, 0.1) is 34.6 Å². The average molecular weight is 1800 g/mol. The first-order valence-electron chi connectivity index (χ1n) is 49.5. The Morgan fingerprint density at radius 3 is 0.836 bits per heavy atom. The van der Waals surface area contributed by atoms with Crippen molar-refractivity contribution in [3.63, 3.8) is 0 Å². The molecule has 0 saturated carbocycles. The van der Waals surface area contributed by atoms with Gasteiger partial charge in [0.2, 0.25) is 0 Å². The summed E-state index contributed by atoms with van der Waals surface area (Å²) in [4.78, 5) is 0. The third kappa shape index (κ3) is 13.2. The Kier molecular flexibility index (Phi) is 19.8. The highest BCUT2D eigenvalue weighted by molar-refractivity contribution is 6.18. The highest BCUT2D eigenvalue weighted by atomic mass is 15.0.